The van der Waals surface area contributed by atoms with Crippen molar-refractivity contribution in [2.45, 2.75) is 37.0 Å². The van der Waals surface area contributed by atoms with Crippen molar-refractivity contribution in [2.24, 2.45) is 5.92 Å². The zero-order valence-electron chi connectivity index (χ0n) is 11.2. The van der Waals surface area contributed by atoms with Gasteiger partial charge in [0, 0.05) is 19.8 Å². The van der Waals surface area contributed by atoms with Crippen LogP contribution in [0, 0.1) is 5.92 Å². The second-order valence-electron chi connectivity index (χ2n) is 4.94. The van der Waals surface area contributed by atoms with E-state index in [0.717, 1.165) is 6.42 Å². The number of nitrogens with zero attached hydrogens (tertiary/aromatic N) is 1. The summed E-state index contributed by atoms with van der Waals surface area (Å²) < 4.78 is 27.1. The van der Waals surface area contributed by atoms with Gasteiger partial charge in [0.05, 0.1) is 0 Å². The number of pyridine rings is 1. The van der Waals surface area contributed by atoms with E-state index in [1.165, 1.54) is 25.7 Å². The molecule has 1 fully saturated rings. The molecule has 5 nitrogen and oxygen atoms in total. The van der Waals surface area contributed by atoms with Crippen molar-refractivity contribution in [2.75, 3.05) is 18.9 Å². The predicted octanol–water partition coefficient (Wildman–Crippen LogP) is 1.98. The van der Waals surface area contributed by atoms with E-state index >= 15 is 0 Å². The molecule has 0 spiro atoms. The highest BCUT2D eigenvalue weighted by atomic mass is 32.2. The minimum atomic E-state index is -3.47. The second-order valence-corrected chi connectivity index (χ2v) is 6.67. The molecule has 1 saturated carbocycles. The minimum absolute atomic E-state index is 0.212. The molecular formula is C13H21N3O2S. The smallest absolute Gasteiger partial charge is 0.244 e. The van der Waals surface area contributed by atoms with Gasteiger partial charge < -0.3 is 5.32 Å². The summed E-state index contributed by atoms with van der Waals surface area (Å²) in [6.07, 6.45) is 7.53. The van der Waals surface area contributed by atoms with Crippen LogP contribution < -0.4 is 10.0 Å². The van der Waals surface area contributed by atoms with Crippen LogP contribution in [0.3, 0.4) is 0 Å². The van der Waals surface area contributed by atoms with Gasteiger partial charge in [-0.05, 0) is 24.5 Å². The highest BCUT2D eigenvalue weighted by Gasteiger charge is 2.20. The van der Waals surface area contributed by atoms with Gasteiger partial charge in [-0.15, -0.1) is 0 Å². The molecule has 2 N–H and O–H groups in total. The van der Waals surface area contributed by atoms with E-state index in [9.17, 15) is 8.42 Å². The number of hydrogen-bond donors (Lipinski definition) is 2. The van der Waals surface area contributed by atoms with Gasteiger partial charge in [-0.25, -0.2) is 18.1 Å². The van der Waals surface area contributed by atoms with E-state index < -0.39 is 10.0 Å². The maximum Gasteiger partial charge on any atom is 0.244 e. The van der Waals surface area contributed by atoms with Crippen LogP contribution in [-0.4, -0.2) is 27.0 Å². The maximum absolute atomic E-state index is 12.2. The first kappa shape index (κ1) is 14.3. The molecule has 2 rings (SSSR count). The minimum Gasteiger partial charge on any atom is -0.372 e. The van der Waals surface area contributed by atoms with E-state index in [1.807, 2.05) is 0 Å². The van der Waals surface area contributed by atoms with Crippen LogP contribution in [0.1, 0.15) is 32.1 Å². The average Bonchev–Trinajstić information content (AvgIpc) is 2.91. The predicted molar refractivity (Wildman–Crippen MR) is 75.5 cm³/mol. The molecule has 6 heteroatoms. The van der Waals surface area contributed by atoms with Crippen molar-refractivity contribution in [3.8, 4) is 0 Å². The first-order valence-corrected chi connectivity index (χ1v) is 8.24. The number of sulfonamides is 1. The van der Waals surface area contributed by atoms with E-state index in [0.29, 0.717) is 18.3 Å². The fourth-order valence-corrected chi connectivity index (χ4v) is 3.78. The largest absolute Gasteiger partial charge is 0.372 e. The number of aromatic nitrogens is 1. The summed E-state index contributed by atoms with van der Waals surface area (Å²) in [4.78, 5) is 4.23. The number of hydrogen-bond acceptors (Lipinski definition) is 4. The third-order valence-corrected chi connectivity index (χ3v) is 5.11. The van der Waals surface area contributed by atoms with Gasteiger partial charge in [0.1, 0.15) is 10.7 Å². The molecule has 1 aromatic rings. The molecule has 0 bridgehead atoms. The SMILES string of the molecule is CNc1ncccc1S(=O)(=O)NCCC1CCCC1. The van der Waals surface area contributed by atoms with Crippen molar-refractivity contribution in [3.05, 3.63) is 18.3 Å². The van der Waals surface area contributed by atoms with Crippen LogP contribution in [-0.2, 0) is 10.0 Å². The third-order valence-electron chi connectivity index (χ3n) is 3.62. The molecule has 1 aliphatic rings. The van der Waals surface area contributed by atoms with Crippen LogP contribution in [0.2, 0.25) is 0 Å². The zero-order valence-corrected chi connectivity index (χ0v) is 12.0. The number of anilines is 1. The fraction of sp³-hybridized carbons (Fsp3) is 0.615. The second kappa shape index (κ2) is 6.34. The van der Waals surface area contributed by atoms with Gasteiger partial charge >= 0.3 is 0 Å². The lowest BCUT2D eigenvalue weighted by Crippen LogP contribution is -2.26. The van der Waals surface area contributed by atoms with Crippen LogP contribution in [0.25, 0.3) is 0 Å². The summed E-state index contributed by atoms with van der Waals surface area (Å²) in [5.41, 5.74) is 0. The normalized spacial score (nSPS) is 16.7. The summed E-state index contributed by atoms with van der Waals surface area (Å²) in [5.74, 6) is 1.07. The third kappa shape index (κ3) is 3.67. The van der Waals surface area contributed by atoms with E-state index in [4.69, 9.17) is 0 Å². The van der Waals surface area contributed by atoms with Crippen LogP contribution in [0.4, 0.5) is 5.82 Å². The Labute approximate surface area is 114 Å². The van der Waals surface area contributed by atoms with E-state index in [1.54, 1.807) is 25.4 Å². The Morgan fingerprint density at radius 3 is 2.79 bits per heavy atom. The van der Waals surface area contributed by atoms with Gasteiger partial charge in [-0.2, -0.15) is 0 Å². The molecule has 106 valence electrons. The molecule has 0 amide bonds. The Morgan fingerprint density at radius 2 is 2.11 bits per heavy atom. The van der Waals surface area contributed by atoms with Crippen LogP contribution >= 0.6 is 0 Å². The molecule has 0 aliphatic heterocycles. The Bertz CT molecular complexity index is 510. The van der Waals surface area contributed by atoms with Crippen LogP contribution in [0.15, 0.2) is 23.2 Å². The number of nitrogens with one attached hydrogen (secondary N) is 2. The topological polar surface area (TPSA) is 71.1 Å². The van der Waals surface area contributed by atoms with Crippen molar-refractivity contribution in [1.29, 1.82) is 0 Å². The van der Waals surface area contributed by atoms with E-state index in [-0.39, 0.29) is 4.90 Å². The summed E-state index contributed by atoms with van der Waals surface area (Å²) >= 11 is 0. The first-order valence-electron chi connectivity index (χ1n) is 6.76. The quantitative estimate of drug-likeness (QED) is 0.837. The highest BCUT2D eigenvalue weighted by molar-refractivity contribution is 7.89. The van der Waals surface area contributed by atoms with Crippen molar-refractivity contribution in [3.63, 3.8) is 0 Å². The molecule has 0 saturated heterocycles. The van der Waals surface area contributed by atoms with Crippen molar-refractivity contribution in [1.82, 2.24) is 9.71 Å². The summed E-state index contributed by atoms with van der Waals surface area (Å²) in [6.45, 7) is 0.505. The molecule has 0 unspecified atom stereocenters. The standard InChI is InChI=1S/C13H21N3O2S/c1-14-13-12(7-4-9-15-13)19(17,18)16-10-8-11-5-2-3-6-11/h4,7,9,11,16H,2-3,5-6,8,10H2,1H3,(H,14,15). The summed E-state index contributed by atoms with van der Waals surface area (Å²) in [5, 5.41) is 2.80. The lowest BCUT2D eigenvalue weighted by molar-refractivity contribution is 0.495. The van der Waals surface area contributed by atoms with Gasteiger partial charge in [0.25, 0.3) is 0 Å². The zero-order chi connectivity index (χ0) is 13.7. The monoisotopic (exact) mass is 283 g/mol. The van der Waals surface area contributed by atoms with E-state index in [2.05, 4.69) is 15.0 Å². The average molecular weight is 283 g/mol. The Hall–Kier alpha value is -1.14. The van der Waals surface area contributed by atoms with Crippen molar-refractivity contribution >= 4 is 15.8 Å². The molecular weight excluding hydrogens is 262 g/mol. The fourth-order valence-electron chi connectivity index (χ4n) is 2.57. The van der Waals surface area contributed by atoms with Crippen LogP contribution in [0.5, 0.6) is 0 Å². The highest BCUT2D eigenvalue weighted by Crippen LogP contribution is 2.27. The molecule has 0 aromatic carbocycles. The lowest BCUT2D eigenvalue weighted by Gasteiger charge is -2.12. The van der Waals surface area contributed by atoms with Gasteiger partial charge in [0.2, 0.25) is 10.0 Å². The molecule has 0 radical (unpaired) electrons. The molecule has 1 aliphatic carbocycles. The molecule has 1 aromatic heterocycles. The molecule has 1 heterocycles. The number of rotatable bonds is 6. The Balaban J connectivity index is 1.97. The molecule has 0 atom stereocenters. The van der Waals surface area contributed by atoms with Gasteiger partial charge in [0.15, 0.2) is 0 Å². The summed E-state index contributed by atoms with van der Waals surface area (Å²) in [6, 6.07) is 3.20. The van der Waals surface area contributed by atoms with Gasteiger partial charge in [-0.3, -0.25) is 0 Å². The Kier molecular flexibility index (Phi) is 4.76. The maximum atomic E-state index is 12.2. The molecule has 19 heavy (non-hydrogen) atoms. The lowest BCUT2D eigenvalue weighted by atomic mass is 10.1. The Morgan fingerprint density at radius 1 is 1.37 bits per heavy atom. The summed E-state index contributed by atoms with van der Waals surface area (Å²) in [7, 11) is -1.80. The van der Waals surface area contributed by atoms with Gasteiger partial charge in [-0.1, -0.05) is 25.7 Å². The first-order chi connectivity index (χ1) is 9.13. The van der Waals surface area contributed by atoms with Crippen molar-refractivity contribution < 1.29 is 8.42 Å².